The summed E-state index contributed by atoms with van der Waals surface area (Å²) in [6.07, 6.45) is 2.09. The molecule has 4 nitrogen and oxygen atoms in total. The molecule has 3 aromatic heterocycles. The van der Waals surface area contributed by atoms with E-state index in [2.05, 4.69) is 72.3 Å². The second kappa shape index (κ2) is 6.78. The Morgan fingerprint density at radius 3 is 2.67 bits per heavy atom. The Morgan fingerprint density at radius 1 is 0.909 bits per heavy atom. The lowest BCUT2D eigenvalue weighted by Crippen LogP contribution is -2.03. The van der Waals surface area contributed by atoms with Gasteiger partial charge in [0.25, 0.3) is 0 Å². The molecule has 162 valence electrons. The normalized spacial score (nSPS) is 13.3. The quantitative estimate of drug-likeness (QED) is 0.288. The SMILES string of the molecule is Cc1nc2c(ccc3cc(-c4cc5ccc6c(c5s4)CCc4[nH]c(C(C)C)nc4-6)ccc32)[nH]1. The number of benzene rings is 3. The van der Waals surface area contributed by atoms with Gasteiger partial charge in [-0.25, -0.2) is 9.97 Å². The zero-order valence-corrected chi connectivity index (χ0v) is 19.7. The molecule has 0 bridgehead atoms. The van der Waals surface area contributed by atoms with Crippen LogP contribution in [0.2, 0.25) is 0 Å². The van der Waals surface area contributed by atoms with Gasteiger partial charge in [0.05, 0.1) is 16.7 Å². The van der Waals surface area contributed by atoms with E-state index < -0.39 is 0 Å². The summed E-state index contributed by atoms with van der Waals surface area (Å²) < 4.78 is 1.40. The van der Waals surface area contributed by atoms with Gasteiger partial charge in [-0.05, 0) is 59.9 Å². The zero-order chi connectivity index (χ0) is 22.3. The summed E-state index contributed by atoms with van der Waals surface area (Å²) in [5, 5.41) is 3.76. The molecule has 0 aliphatic heterocycles. The number of hydrogen-bond donors (Lipinski definition) is 2. The number of thiophene rings is 1. The lowest BCUT2D eigenvalue weighted by Gasteiger charge is -2.15. The summed E-state index contributed by atoms with van der Waals surface area (Å²) in [6.45, 7) is 6.40. The number of nitrogens with one attached hydrogen (secondary N) is 2. The molecule has 2 N–H and O–H groups in total. The molecule has 1 aliphatic carbocycles. The van der Waals surface area contributed by atoms with E-state index in [-0.39, 0.29) is 0 Å². The van der Waals surface area contributed by atoms with Gasteiger partial charge in [-0.2, -0.15) is 0 Å². The minimum atomic E-state index is 0.413. The molecular weight excluding hydrogens is 424 g/mol. The van der Waals surface area contributed by atoms with Crippen molar-refractivity contribution in [1.29, 1.82) is 0 Å². The summed E-state index contributed by atoms with van der Waals surface area (Å²) in [5.74, 6) is 2.46. The number of aromatic amines is 2. The summed E-state index contributed by atoms with van der Waals surface area (Å²) in [5.41, 5.74) is 8.61. The van der Waals surface area contributed by atoms with E-state index >= 15 is 0 Å². The number of fused-ring (bicyclic) bond motifs is 8. The molecule has 0 saturated carbocycles. The molecule has 3 heterocycles. The van der Waals surface area contributed by atoms with Crippen LogP contribution in [0.3, 0.4) is 0 Å². The van der Waals surface area contributed by atoms with Crippen molar-refractivity contribution in [3.63, 3.8) is 0 Å². The summed E-state index contributed by atoms with van der Waals surface area (Å²) >= 11 is 1.91. The fourth-order valence-electron chi connectivity index (χ4n) is 5.21. The van der Waals surface area contributed by atoms with Crippen molar-refractivity contribution in [3.8, 4) is 21.7 Å². The molecule has 33 heavy (non-hydrogen) atoms. The monoisotopic (exact) mass is 448 g/mol. The van der Waals surface area contributed by atoms with Crippen molar-refractivity contribution in [2.24, 2.45) is 0 Å². The minimum Gasteiger partial charge on any atom is -0.345 e. The maximum atomic E-state index is 4.96. The van der Waals surface area contributed by atoms with Crippen LogP contribution in [0, 0.1) is 6.92 Å². The van der Waals surface area contributed by atoms with E-state index in [1.54, 1.807) is 0 Å². The Bertz CT molecular complexity index is 1710. The number of rotatable bonds is 2. The number of H-pyrrole nitrogens is 2. The molecule has 0 radical (unpaired) electrons. The highest BCUT2D eigenvalue weighted by atomic mass is 32.1. The zero-order valence-electron chi connectivity index (χ0n) is 18.9. The minimum absolute atomic E-state index is 0.413. The third-order valence-corrected chi connectivity index (χ3v) is 8.14. The third kappa shape index (κ3) is 2.82. The summed E-state index contributed by atoms with van der Waals surface area (Å²) in [6, 6.07) is 18.0. The average molecular weight is 449 g/mol. The molecule has 7 rings (SSSR count). The van der Waals surface area contributed by atoms with Crippen molar-refractivity contribution in [1.82, 2.24) is 19.9 Å². The Labute approximate surface area is 195 Å². The molecule has 0 saturated heterocycles. The summed E-state index contributed by atoms with van der Waals surface area (Å²) in [4.78, 5) is 17.9. The first kappa shape index (κ1) is 19.1. The predicted molar refractivity (Wildman–Crippen MR) is 138 cm³/mol. The van der Waals surface area contributed by atoms with Crippen LogP contribution >= 0.6 is 11.3 Å². The van der Waals surface area contributed by atoms with Gasteiger partial charge in [-0.1, -0.05) is 44.2 Å². The second-order valence-electron chi connectivity index (χ2n) is 9.44. The number of aryl methyl sites for hydroxylation is 3. The van der Waals surface area contributed by atoms with Crippen molar-refractivity contribution < 1.29 is 0 Å². The maximum absolute atomic E-state index is 4.96. The Balaban J connectivity index is 1.36. The van der Waals surface area contributed by atoms with E-state index in [0.29, 0.717) is 5.92 Å². The van der Waals surface area contributed by atoms with E-state index in [1.165, 1.54) is 48.1 Å². The molecule has 0 atom stereocenters. The maximum Gasteiger partial charge on any atom is 0.109 e. The summed E-state index contributed by atoms with van der Waals surface area (Å²) in [7, 11) is 0. The molecule has 5 heteroatoms. The van der Waals surface area contributed by atoms with Gasteiger partial charge in [0.1, 0.15) is 11.6 Å². The van der Waals surface area contributed by atoms with E-state index in [9.17, 15) is 0 Å². The fourth-order valence-corrected chi connectivity index (χ4v) is 6.44. The number of nitrogens with zero attached hydrogens (tertiary/aromatic N) is 2. The van der Waals surface area contributed by atoms with Crippen molar-refractivity contribution >= 4 is 43.2 Å². The van der Waals surface area contributed by atoms with Gasteiger partial charge in [0, 0.05) is 32.1 Å². The molecule has 0 spiro atoms. The second-order valence-corrected chi connectivity index (χ2v) is 10.5. The highest BCUT2D eigenvalue weighted by molar-refractivity contribution is 7.22. The van der Waals surface area contributed by atoms with Crippen LogP contribution in [0.4, 0.5) is 0 Å². The highest BCUT2D eigenvalue weighted by Gasteiger charge is 2.24. The Hall–Kier alpha value is -3.44. The van der Waals surface area contributed by atoms with Crippen LogP contribution < -0.4 is 0 Å². The number of imidazole rings is 2. The molecule has 1 aliphatic rings. The first-order chi connectivity index (χ1) is 16.0. The van der Waals surface area contributed by atoms with E-state index in [0.717, 1.165) is 41.2 Å². The van der Waals surface area contributed by atoms with E-state index in [4.69, 9.17) is 9.97 Å². The average Bonchev–Trinajstić information content (AvgIpc) is 3.53. The Morgan fingerprint density at radius 2 is 1.79 bits per heavy atom. The first-order valence-electron chi connectivity index (χ1n) is 11.6. The van der Waals surface area contributed by atoms with Crippen molar-refractivity contribution in [3.05, 3.63) is 71.4 Å². The van der Waals surface area contributed by atoms with Crippen molar-refractivity contribution in [2.45, 2.75) is 39.5 Å². The number of hydrogen-bond acceptors (Lipinski definition) is 3. The van der Waals surface area contributed by atoms with Gasteiger partial charge in [-0.15, -0.1) is 11.3 Å². The first-order valence-corrected chi connectivity index (χ1v) is 12.4. The predicted octanol–water partition coefficient (Wildman–Crippen LogP) is 7.52. The van der Waals surface area contributed by atoms with Crippen LogP contribution in [0.1, 0.15) is 42.7 Å². The van der Waals surface area contributed by atoms with Gasteiger partial charge in [0.15, 0.2) is 0 Å². The third-order valence-electron chi connectivity index (χ3n) is 6.88. The molecular formula is C28H24N4S. The molecule has 0 unspecified atom stereocenters. The van der Waals surface area contributed by atoms with Crippen LogP contribution in [0.5, 0.6) is 0 Å². The van der Waals surface area contributed by atoms with Crippen LogP contribution in [-0.4, -0.2) is 19.9 Å². The van der Waals surface area contributed by atoms with Crippen LogP contribution in [-0.2, 0) is 12.8 Å². The van der Waals surface area contributed by atoms with Crippen LogP contribution in [0.25, 0.3) is 53.6 Å². The lowest BCUT2D eigenvalue weighted by molar-refractivity contribution is 0.787. The van der Waals surface area contributed by atoms with Gasteiger partial charge < -0.3 is 9.97 Å². The Kier molecular flexibility index (Phi) is 3.92. The standard InChI is InChI=1S/C28H24N4S/c1-14(2)28-31-23-11-9-21-20(26(23)32-28)8-5-18-13-24(33-27(18)21)17-4-7-19-16(12-17)6-10-22-25(19)30-15(3)29-22/h4-8,10,12-14H,9,11H2,1-3H3,(H,29,30)(H,31,32). The molecule has 3 aromatic carbocycles. The molecule has 6 aromatic rings. The lowest BCUT2D eigenvalue weighted by atomic mass is 9.91. The largest absolute Gasteiger partial charge is 0.345 e. The van der Waals surface area contributed by atoms with E-state index in [1.807, 2.05) is 18.3 Å². The highest BCUT2D eigenvalue weighted by Crippen LogP contribution is 2.43. The molecule has 0 amide bonds. The smallest absolute Gasteiger partial charge is 0.109 e. The van der Waals surface area contributed by atoms with Gasteiger partial charge >= 0.3 is 0 Å². The van der Waals surface area contributed by atoms with Crippen molar-refractivity contribution in [2.75, 3.05) is 0 Å². The van der Waals surface area contributed by atoms with Gasteiger partial charge in [0.2, 0.25) is 0 Å². The van der Waals surface area contributed by atoms with Crippen LogP contribution in [0.15, 0.2) is 48.5 Å². The topological polar surface area (TPSA) is 57.4 Å². The fraction of sp³-hybridized carbons (Fsp3) is 0.214. The van der Waals surface area contributed by atoms with Gasteiger partial charge in [-0.3, -0.25) is 0 Å². The number of aromatic nitrogens is 4. The molecule has 0 fully saturated rings.